The molecule has 0 aliphatic carbocycles. The molecule has 1 fully saturated rings. The molecule has 1 aromatic heterocycles. The Kier molecular flexibility index (Phi) is 4.18. The summed E-state index contributed by atoms with van der Waals surface area (Å²) < 4.78 is 0. The molecular formula is C13H20N2OS. The van der Waals surface area contributed by atoms with Gasteiger partial charge in [-0.15, -0.1) is 11.3 Å². The molecule has 0 saturated carbocycles. The van der Waals surface area contributed by atoms with E-state index in [1.807, 2.05) is 10.3 Å². The number of thiophene rings is 1. The molecule has 17 heavy (non-hydrogen) atoms. The van der Waals surface area contributed by atoms with Crippen LogP contribution in [-0.4, -0.2) is 48.9 Å². The number of rotatable bonds is 3. The molecule has 0 unspecified atom stereocenters. The van der Waals surface area contributed by atoms with E-state index < -0.39 is 0 Å². The fraction of sp³-hybridized carbons (Fsp3) is 0.615. The summed E-state index contributed by atoms with van der Waals surface area (Å²) in [4.78, 5) is 17.8. The number of hydrogen-bond acceptors (Lipinski definition) is 3. The molecular weight excluding hydrogens is 232 g/mol. The van der Waals surface area contributed by atoms with Crippen molar-refractivity contribution in [3.05, 3.63) is 21.9 Å². The van der Waals surface area contributed by atoms with Crippen LogP contribution in [0.15, 0.2) is 11.4 Å². The van der Waals surface area contributed by atoms with E-state index in [4.69, 9.17) is 0 Å². The minimum atomic E-state index is 0.205. The van der Waals surface area contributed by atoms with Gasteiger partial charge in [-0.2, -0.15) is 0 Å². The Hall–Kier alpha value is -0.870. The first-order chi connectivity index (χ1) is 8.20. The highest BCUT2D eigenvalue weighted by atomic mass is 32.1. The molecule has 4 heteroatoms. The zero-order valence-electron chi connectivity index (χ0n) is 10.6. The van der Waals surface area contributed by atoms with Crippen molar-refractivity contribution in [2.24, 2.45) is 0 Å². The van der Waals surface area contributed by atoms with E-state index in [2.05, 4.69) is 24.9 Å². The van der Waals surface area contributed by atoms with Gasteiger partial charge in [0.05, 0.1) is 5.56 Å². The van der Waals surface area contributed by atoms with Crippen molar-refractivity contribution in [3.8, 4) is 0 Å². The van der Waals surface area contributed by atoms with Crippen LogP contribution in [0.1, 0.15) is 28.6 Å². The van der Waals surface area contributed by atoms with Crippen molar-refractivity contribution in [2.75, 3.05) is 33.2 Å². The topological polar surface area (TPSA) is 23.6 Å². The van der Waals surface area contributed by atoms with Crippen LogP contribution in [0, 0.1) is 0 Å². The predicted molar refractivity (Wildman–Crippen MR) is 71.7 cm³/mol. The number of aryl methyl sites for hydroxylation is 1. The van der Waals surface area contributed by atoms with Crippen LogP contribution in [0.4, 0.5) is 0 Å². The van der Waals surface area contributed by atoms with Gasteiger partial charge in [0.2, 0.25) is 0 Å². The molecule has 1 amide bonds. The van der Waals surface area contributed by atoms with Crippen molar-refractivity contribution < 1.29 is 4.79 Å². The number of amides is 1. The third-order valence-corrected chi connectivity index (χ3v) is 4.18. The van der Waals surface area contributed by atoms with Crippen molar-refractivity contribution in [1.29, 1.82) is 0 Å². The molecule has 0 N–H and O–H groups in total. The van der Waals surface area contributed by atoms with Crippen LogP contribution in [0.3, 0.4) is 0 Å². The number of carbonyl (C=O) groups excluding carboxylic acids is 1. The molecule has 1 aliphatic rings. The van der Waals surface area contributed by atoms with E-state index in [9.17, 15) is 4.79 Å². The molecule has 94 valence electrons. The number of nitrogens with zero attached hydrogens (tertiary/aromatic N) is 2. The fourth-order valence-electron chi connectivity index (χ4n) is 2.06. The quantitative estimate of drug-likeness (QED) is 0.822. The third-order valence-electron chi connectivity index (χ3n) is 3.19. The first-order valence-corrected chi connectivity index (χ1v) is 7.14. The van der Waals surface area contributed by atoms with Crippen molar-refractivity contribution in [3.63, 3.8) is 0 Å². The van der Waals surface area contributed by atoms with E-state index in [0.29, 0.717) is 0 Å². The first kappa shape index (κ1) is 12.6. The van der Waals surface area contributed by atoms with Gasteiger partial charge in [0.15, 0.2) is 0 Å². The molecule has 3 nitrogen and oxygen atoms in total. The minimum Gasteiger partial charge on any atom is -0.336 e. The second-order valence-corrected chi connectivity index (χ2v) is 5.64. The van der Waals surface area contributed by atoms with Gasteiger partial charge in [-0.05, 0) is 19.5 Å². The summed E-state index contributed by atoms with van der Waals surface area (Å²) in [6.07, 6.45) is 2.23. The van der Waals surface area contributed by atoms with Crippen LogP contribution in [0.2, 0.25) is 0 Å². The summed E-state index contributed by atoms with van der Waals surface area (Å²) in [5.41, 5.74) is 0.878. The Morgan fingerprint density at radius 2 is 2.06 bits per heavy atom. The summed E-state index contributed by atoms with van der Waals surface area (Å²) in [5.74, 6) is 0.205. The minimum absolute atomic E-state index is 0.205. The van der Waals surface area contributed by atoms with Crippen LogP contribution in [0.25, 0.3) is 0 Å². The monoisotopic (exact) mass is 252 g/mol. The highest BCUT2D eigenvalue weighted by Gasteiger charge is 2.20. The zero-order chi connectivity index (χ0) is 12.3. The van der Waals surface area contributed by atoms with Crippen molar-refractivity contribution in [2.45, 2.75) is 19.8 Å². The van der Waals surface area contributed by atoms with E-state index in [-0.39, 0.29) is 5.91 Å². The van der Waals surface area contributed by atoms with Crippen LogP contribution < -0.4 is 0 Å². The van der Waals surface area contributed by atoms with E-state index in [1.165, 1.54) is 4.88 Å². The maximum Gasteiger partial charge on any atom is 0.254 e. The molecule has 0 spiro atoms. The predicted octanol–water partition coefficient (Wildman–Crippen LogP) is 2.09. The molecule has 0 atom stereocenters. The third kappa shape index (κ3) is 3.07. The van der Waals surface area contributed by atoms with Gasteiger partial charge in [-0.3, -0.25) is 4.79 Å². The summed E-state index contributed by atoms with van der Waals surface area (Å²) in [6, 6.07) is 2.06. The Morgan fingerprint density at radius 3 is 2.71 bits per heavy atom. The van der Waals surface area contributed by atoms with Crippen LogP contribution in [0.5, 0.6) is 0 Å². The summed E-state index contributed by atoms with van der Waals surface area (Å²) in [6.45, 7) is 5.85. The lowest BCUT2D eigenvalue weighted by Gasteiger charge is -2.32. The largest absolute Gasteiger partial charge is 0.336 e. The van der Waals surface area contributed by atoms with Gasteiger partial charge in [0.1, 0.15) is 0 Å². The second-order valence-electron chi connectivity index (χ2n) is 4.65. The average molecular weight is 252 g/mol. The molecule has 2 heterocycles. The maximum absolute atomic E-state index is 12.2. The van der Waals surface area contributed by atoms with Gasteiger partial charge in [0, 0.05) is 36.4 Å². The molecule has 0 aromatic carbocycles. The average Bonchev–Trinajstić information content (AvgIpc) is 2.78. The first-order valence-electron chi connectivity index (χ1n) is 6.26. The van der Waals surface area contributed by atoms with Gasteiger partial charge >= 0.3 is 0 Å². The fourth-order valence-corrected chi connectivity index (χ4v) is 3.03. The normalized spacial score (nSPS) is 17.4. The molecule has 0 radical (unpaired) electrons. The van der Waals surface area contributed by atoms with Crippen molar-refractivity contribution >= 4 is 17.2 Å². The SMILES string of the molecule is CCCc1cc(C(=O)N2CCN(C)CC2)cs1. The number of likely N-dealkylation sites (N-methyl/N-ethyl adjacent to an activating group) is 1. The Bertz CT molecular complexity index is 381. The van der Waals surface area contributed by atoms with Crippen molar-refractivity contribution in [1.82, 2.24) is 9.80 Å². The molecule has 1 aliphatic heterocycles. The lowest BCUT2D eigenvalue weighted by molar-refractivity contribution is 0.0664. The van der Waals surface area contributed by atoms with Crippen LogP contribution >= 0.6 is 11.3 Å². The summed E-state index contributed by atoms with van der Waals surface area (Å²) in [5, 5.41) is 2.01. The molecule has 1 saturated heterocycles. The Labute approximate surface area is 107 Å². The molecule has 1 aromatic rings. The lowest BCUT2D eigenvalue weighted by atomic mass is 10.2. The second kappa shape index (κ2) is 5.65. The van der Waals surface area contributed by atoms with Gasteiger partial charge in [0.25, 0.3) is 5.91 Å². The highest BCUT2D eigenvalue weighted by Crippen LogP contribution is 2.18. The highest BCUT2D eigenvalue weighted by molar-refractivity contribution is 7.10. The molecule has 2 rings (SSSR count). The number of piperazine rings is 1. The standard InChI is InChI=1S/C13H20N2OS/c1-3-4-12-9-11(10-17-12)13(16)15-7-5-14(2)6-8-15/h9-10H,3-8H2,1-2H3. The number of hydrogen-bond donors (Lipinski definition) is 0. The Morgan fingerprint density at radius 1 is 1.35 bits per heavy atom. The summed E-state index contributed by atoms with van der Waals surface area (Å²) >= 11 is 1.71. The maximum atomic E-state index is 12.2. The smallest absolute Gasteiger partial charge is 0.254 e. The molecule has 0 bridgehead atoms. The van der Waals surface area contributed by atoms with Gasteiger partial charge in [-0.25, -0.2) is 0 Å². The van der Waals surface area contributed by atoms with E-state index in [1.54, 1.807) is 11.3 Å². The number of carbonyl (C=O) groups is 1. The lowest BCUT2D eigenvalue weighted by Crippen LogP contribution is -2.47. The summed E-state index contributed by atoms with van der Waals surface area (Å²) in [7, 11) is 2.10. The van der Waals surface area contributed by atoms with Crippen LogP contribution in [-0.2, 0) is 6.42 Å². The Balaban J connectivity index is 1.98. The van der Waals surface area contributed by atoms with E-state index >= 15 is 0 Å². The van der Waals surface area contributed by atoms with Gasteiger partial charge < -0.3 is 9.80 Å². The zero-order valence-corrected chi connectivity index (χ0v) is 11.4. The van der Waals surface area contributed by atoms with E-state index in [0.717, 1.165) is 44.6 Å². The van der Waals surface area contributed by atoms with Gasteiger partial charge in [-0.1, -0.05) is 13.3 Å².